The predicted molar refractivity (Wildman–Crippen MR) is 67.3 cm³/mol. The maximum atomic E-state index is 6.07. The average molecular weight is 228 g/mol. The van der Waals surface area contributed by atoms with Crippen LogP contribution in [0.15, 0.2) is 0 Å². The number of rotatable bonds is 3. The van der Waals surface area contributed by atoms with Gasteiger partial charge < -0.3 is 9.47 Å². The molecule has 0 unspecified atom stereocenters. The van der Waals surface area contributed by atoms with Crippen LogP contribution < -0.4 is 0 Å². The van der Waals surface area contributed by atoms with Crippen LogP contribution in [0.5, 0.6) is 0 Å². The van der Waals surface area contributed by atoms with Gasteiger partial charge in [-0.15, -0.1) is 0 Å². The molecule has 0 aromatic heterocycles. The second-order valence-electron chi connectivity index (χ2n) is 6.66. The van der Waals surface area contributed by atoms with Gasteiger partial charge >= 0.3 is 0 Å². The van der Waals surface area contributed by atoms with Gasteiger partial charge in [-0.2, -0.15) is 0 Å². The quantitative estimate of drug-likeness (QED) is 0.730. The minimum atomic E-state index is -0.371. The van der Waals surface area contributed by atoms with Crippen molar-refractivity contribution in [2.75, 3.05) is 13.2 Å². The minimum absolute atomic E-state index is 0.0437. The molecule has 0 aliphatic carbocycles. The fourth-order valence-electron chi connectivity index (χ4n) is 2.07. The average Bonchev–Trinajstić information content (AvgIpc) is 2.15. The van der Waals surface area contributed by atoms with Crippen LogP contribution in [0, 0.1) is 17.3 Å². The summed E-state index contributed by atoms with van der Waals surface area (Å²) in [5.74, 6) is 0.851. The van der Waals surface area contributed by atoms with Crippen molar-refractivity contribution in [3.8, 4) is 0 Å². The number of ether oxygens (including phenoxy) is 2. The van der Waals surface area contributed by atoms with Crippen LogP contribution in [0.1, 0.15) is 54.4 Å². The van der Waals surface area contributed by atoms with Gasteiger partial charge in [0.2, 0.25) is 0 Å². The van der Waals surface area contributed by atoms with Crippen molar-refractivity contribution in [1.29, 1.82) is 0 Å². The smallest absolute Gasteiger partial charge is 0.173 e. The van der Waals surface area contributed by atoms with Crippen molar-refractivity contribution in [3.05, 3.63) is 0 Å². The first kappa shape index (κ1) is 14.0. The largest absolute Gasteiger partial charge is 0.349 e. The summed E-state index contributed by atoms with van der Waals surface area (Å²) < 4.78 is 12.1. The van der Waals surface area contributed by atoms with E-state index in [-0.39, 0.29) is 11.2 Å². The Kier molecular flexibility index (Phi) is 4.42. The van der Waals surface area contributed by atoms with Crippen molar-refractivity contribution in [2.24, 2.45) is 17.3 Å². The van der Waals surface area contributed by atoms with Crippen LogP contribution in [0.3, 0.4) is 0 Å². The molecule has 16 heavy (non-hydrogen) atoms. The Morgan fingerprint density at radius 3 is 2.06 bits per heavy atom. The zero-order valence-electron chi connectivity index (χ0n) is 11.8. The van der Waals surface area contributed by atoms with Crippen LogP contribution >= 0.6 is 0 Å². The lowest BCUT2D eigenvalue weighted by atomic mass is 9.80. The number of hydrogen-bond donors (Lipinski definition) is 0. The molecule has 0 radical (unpaired) electrons. The van der Waals surface area contributed by atoms with Crippen LogP contribution in [0.2, 0.25) is 0 Å². The molecule has 1 aliphatic heterocycles. The SMILES string of the molecule is CC(C)CCC1(C(C)(C)C)OCC(C)CO1. The second kappa shape index (κ2) is 5.05. The molecule has 0 amide bonds. The lowest BCUT2D eigenvalue weighted by Crippen LogP contribution is -2.52. The highest BCUT2D eigenvalue weighted by atomic mass is 16.7. The summed E-state index contributed by atoms with van der Waals surface area (Å²) in [4.78, 5) is 0. The Bertz CT molecular complexity index is 207. The summed E-state index contributed by atoms with van der Waals surface area (Å²) in [5.41, 5.74) is 0.0437. The van der Waals surface area contributed by atoms with Crippen molar-refractivity contribution >= 4 is 0 Å². The molecule has 0 atom stereocenters. The molecule has 1 heterocycles. The highest BCUT2D eigenvalue weighted by molar-refractivity contribution is 4.87. The van der Waals surface area contributed by atoms with E-state index in [1.807, 2.05) is 0 Å². The van der Waals surface area contributed by atoms with E-state index in [0.717, 1.165) is 26.1 Å². The first-order valence-corrected chi connectivity index (χ1v) is 6.55. The molecule has 0 saturated carbocycles. The first-order chi connectivity index (χ1) is 7.27. The second-order valence-corrected chi connectivity index (χ2v) is 6.66. The highest BCUT2D eigenvalue weighted by Gasteiger charge is 2.46. The fraction of sp³-hybridized carbons (Fsp3) is 1.00. The third-order valence-corrected chi connectivity index (χ3v) is 3.40. The molecule has 1 fully saturated rings. The Balaban J connectivity index is 2.70. The molecule has 0 spiro atoms. The van der Waals surface area contributed by atoms with Crippen LogP contribution in [0.25, 0.3) is 0 Å². The third-order valence-electron chi connectivity index (χ3n) is 3.40. The molecule has 1 rings (SSSR count). The molecule has 2 nitrogen and oxygen atoms in total. The Morgan fingerprint density at radius 1 is 1.19 bits per heavy atom. The van der Waals surface area contributed by atoms with Gasteiger partial charge in [-0.05, 0) is 12.3 Å². The molecule has 0 bridgehead atoms. The van der Waals surface area contributed by atoms with Crippen LogP contribution in [0.4, 0.5) is 0 Å². The molecule has 0 aromatic rings. The highest BCUT2D eigenvalue weighted by Crippen LogP contribution is 2.42. The zero-order valence-corrected chi connectivity index (χ0v) is 11.8. The summed E-state index contributed by atoms with van der Waals surface area (Å²) in [6.45, 7) is 15.0. The normalized spacial score (nSPS) is 32.1. The van der Waals surface area contributed by atoms with Crippen molar-refractivity contribution in [3.63, 3.8) is 0 Å². The van der Waals surface area contributed by atoms with Crippen LogP contribution in [-0.4, -0.2) is 19.0 Å². The van der Waals surface area contributed by atoms with E-state index in [0.29, 0.717) is 11.8 Å². The summed E-state index contributed by atoms with van der Waals surface area (Å²) >= 11 is 0. The van der Waals surface area contributed by atoms with Gasteiger partial charge in [0, 0.05) is 17.8 Å². The van der Waals surface area contributed by atoms with E-state index >= 15 is 0 Å². The standard InChI is InChI=1S/C14H28O2/c1-11(2)7-8-14(13(4,5)6)15-9-12(3)10-16-14/h11-12H,7-10H2,1-6H3. The first-order valence-electron chi connectivity index (χ1n) is 6.55. The predicted octanol–water partition coefficient (Wildman–Crippen LogP) is 3.85. The van der Waals surface area contributed by atoms with E-state index in [2.05, 4.69) is 41.5 Å². The molecule has 0 aromatic carbocycles. The Morgan fingerprint density at radius 2 is 1.69 bits per heavy atom. The van der Waals surface area contributed by atoms with Gasteiger partial charge in [0.15, 0.2) is 5.79 Å². The van der Waals surface area contributed by atoms with Gasteiger partial charge in [0.1, 0.15) is 0 Å². The Hall–Kier alpha value is -0.0800. The summed E-state index contributed by atoms with van der Waals surface area (Å²) in [7, 11) is 0. The van der Waals surface area contributed by atoms with E-state index in [1.165, 1.54) is 0 Å². The topological polar surface area (TPSA) is 18.5 Å². The molecular formula is C14H28O2. The maximum absolute atomic E-state index is 6.07. The minimum Gasteiger partial charge on any atom is -0.349 e. The van der Waals surface area contributed by atoms with E-state index in [4.69, 9.17) is 9.47 Å². The molecule has 1 aliphatic rings. The van der Waals surface area contributed by atoms with Gasteiger partial charge in [0.05, 0.1) is 13.2 Å². The molecule has 2 heteroatoms. The summed E-state index contributed by atoms with van der Waals surface area (Å²) in [6, 6.07) is 0. The van der Waals surface area contributed by atoms with E-state index < -0.39 is 0 Å². The molecule has 96 valence electrons. The van der Waals surface area contributed by atoms with Crippen molar-refractivity contribution in [1.82, 2.24) is 0 Å². The summed E-state index contributed by atoms with van der Waals surface area (Å²) in [5, 5.41) is 0. The van der Waals surface area contributed by atoms with Crippen molar-refractivity contribution < 1.29 is 9.47 Å². The molecule has 0 N–H and O–H groups in total. The number of hydrogen-bond acceptors (Lipinski definition) is 2. The third kappa shape index (κ3) is 3.21. The van der Waals surface area contributed by atoms with Crippen molar-refractivity contribution in [2.45, 2.75) is 60.2 Å². The van der Waals surface area contributed by atoms with Gasteiger partial charge in [-0.1, -0.05) is 41.5 Å². The maximum Gasteiger partial charge on any atom is 0.173 e. The zero-order chi connectivity index (χ0) is 12.4. The lowest BCUT2D eigenvalue weighted by Gasteiger charge is -2.48. The van der Waals surface area contributed by atoms with Gasteiger partial charge in [0.25, 0.3) is 0 Å². The van der Waals surface area contributed by atoms with E-state index in [9.17, 15) is 0 Å². The fourth-order valence-corrected chi connectivity index (χ4v) is 2.07. The molecular weight excluding hydrogens is 200 g/mol. The Labute approximate surface area is 101 Å². The van der Waals surface area contributed by atoms with Gasteiger partial charge in [-0.25, -0.2) is 0 Å². The molecule has 1 saturated heterocycles. The van der Waals surface area contributed by atoms with E-state index in [1.54, 1.807) is 0 Å². The van der Waals surface area contributed by atoms with Gasteiger partial charge in [-0.3, -0.25) is 0 Å². The monoisotopic (exact) mass is 228 g/mol. The summed E-state index contributed by atoms with van der Waals surface area (Å²) in [6.07, 6.45) is 2.16. The lowest BCUT2D eigenvalue weighted by molar-refractivity contribution is -0.329. The van der Waals surface area contributed by atoms with Crippen LogP contribution in [-0.2, 0) is 9.47 Å².